The summed E-state index contributed by atoms with van der Waals surface area (Å²) in [6, 6.07) is 6.76. The van der Waals surface area contributed by atoms with Gasteiger partial charge in [0.05, 0.1) is 0 Å². The molecule has 0 heteroatoms. The summed E-state index contributed by atoms with van der Waals surface area (Å²) in [5, 5.41) is 0. The average Bonchev–Trinajstić information content (AvgIpc) is 2.08. The summed E-state index contributed by atoms with van der Waals surface area (Å²) in [6.07, 6.45) is 3.54. The van der Waals surface area contributed by atoms with E-state index in [1.54, 1.807) is 0 Å². The molecule has 0 saturated carbocycles. The SMILES string of the molecule is CC1=Cc2cc(C)ccc2CC1C. The van der Waals surface area contributed by atoms with Gasteiger partial charge in [0, 0.05) is 0 Å². The second-order valence-corrected chi connectivity index (χ2v) is 4.20. The summed E-state index contributed by atoms with van der Waals surface area (Å²) in [5.74, 6) is 0.718. The van der Waals surface area contributed by atoms with Crippen LogP contribution in [0, 0.1) is 12.8 Å². The average molecular weight is 172 g/mol. The van der Waals surface area contributed by atoms with Gasteiger partial charge in [0.1, 0.15) is 0 Å². The maximum Gasteiger partial charge on any atom is -0.0190 e. The van der Waals surface area contributed by atoms with Crippen LogP contribution in [-0.4, -0.2) is 0 Å². The van der Waals surface area contributed by atoms with Crippen molar-refractivity contribution in [3.8, 4) is 0 Å². The molecule has 1 aromatic rings. The third kappa shape index (κ3) is 1.53. The Bertz CT molecular complexity index is 358. The van der Waals surface area contributed by atoms with Crippen molar-refractivity contribution in [3.05, 3.63) is 40.5 Å². The first-order chi connectivity index (χ1) is 6.16. The summed E-state index contributed by atoms with van der Waals surface area (Å²) >= 11 is 0. The zero-order valence-electron chi connectivity index (χ0n) is 8.59. The summed E-state index contributed by atoms with van der Waals surface area (Å²) in [5.41, 5.74) is 5.80. The summed E-state index contributed by atoms with van der Waals surface area (Å²) in [6.45, 7) is 6.69. The van der Waals surface area contributed by atoms with E-state index in [1.165, 1.54) is 28.7 Å². The molecule has 0 nitrogen and oxygen atoms in total. The number of fused-ring (bicyclic) bond motifs is 1. The smallest absolute Gasteiger partial charge is 0.0190 e. The van der Waals surface area contributed by atoms with Crippen LogP contribution in [0.1, 0.15) is 30.5 Å². The van der Waals surface area contributed by atoms with E-state index in [1.807, 2.05) is 0 Å². The van der Waals surface area contributed by atoms with Gasteiger partial charge in [-0.1, -0.05) is 42.3 Å². The van der Waals surface area contributed by atoms with Crippen molar-refractivity contribution in [2.75, 3.05) is 0 Å². The van der Waals surface area contributed by atoms with E-state index in [0.717, 1.165) is 5.92 Å². The molecule has 0 fully saturated rings. The third-order valence-electron chi connectivity index (χ3n) is 2.99. The van der Waals surface area contributed by atoms with Crippen molar-refractivity contribution in [1.82, 2.24) is 0 Å². The molecule has 0 bridgehead atoms. The van der Waals surface area contributed by atoms with Crippen molar-refractivity contribution < 1.29 is 0 Å². The minimum atomic E-state index is 0.718. The number of allylic oxidation sites excluding steroid dienone is 1. The summed E-state index contributed by atoms with van der Waals surface area (Å²) in [7, 11) is 0. The summed E-state index contributed by atoms with van der Waals surface area (Å²) in [4.78, 5) is 0. The van der Waals surface area contributed by atoms with Crippen LogP contribution in [-0.2, 0) is 6.42 Å². The van der Waals surface area contributed by atoms with E-state index in [0.29, 0.717) is 0 Å². The monoisotopic (exact) mass is 172 g/mol. The van der Waals surface area contributed by atoms with Gasteiger partial charge in [0.25, 0.3) is 0 Å². The normalized spacial score (nSPS) is 20.8. The lowest BCUT2D eigenvalue weighted by Gasteiger charge is -2.20. The fourth-order valence-corrected chi connectivity index (χ4v) is 1.91. The first-order valence-corrected chi connectivity index (χ1v) is 4.94. The maximum atomic E-state index is 2.33. The Morgan fingerprint density at radius 1 is 1.23 bits per heavy atom. The highest BCUT2D eigenvalue weighted by molar-refractivity contribution is 5.60. The standard InChI is InChI=1S/C13H16/c1-9-4-5-12-7-10(2)11(3)8-13(12)6-9/h4-6,8,10H,7H2,1-3H3. The number of hydrogen-bond donors (Lipinski definition) is 0. The van der Waals surface area contributed by atoms with Crippen LogP contribution < -0.4 is 0 Å². The van der Waals surface area contributed by atoms with Crippen molar-refractivity contribution in [1.29, 1.82) is 0 Å². The van der Waals surface area contributed by atoms with Crippen molar-refractivity contribution >= 4 is 6.08 Å². The van der Waals surface area contributed by atoms with E-state index in [9.17, 15) is 0 Å². The Kier molecular flexibility index (Phi) is 1.99. The third-order valence-corrected chi connectivity index (χ3v) is 2.99. The van der Waals surface area contributed by atoms with Gasteiger partial charge in [0.2, 0.25) is 0 Å². The van der Waals surface area contributed by atoms with Crippen molar-refractivity contribution in [3.63, 3.8) is 0 Å². The second-order valence-electron chi connectivity index (χ2n) is 4.20. The molecule has 2 rings (SSSR count). The van der Waals surface area contributed by atoms with Crippen LogP contribution in [0.25, 0.3) is 6.08 Å². The topological polar surface area (TPSA) is 0 Å². The van der Waals surface area contributed by atoms with Crippen LogP contribution in [0.5, 0.6) is 0 Å². The first kappa shape index (κ1) is 8.55. The fraction of sp³-hybridized carbons (Fsp3) is 0.385. The molecule has 0 saturated heterocycles. The van der Waals surface area contributed by atoms with E-state index in [4.69, 9.17) is 0 Å². The van der Waals surface area contributed by atoms with Crippen LogP contribution in [0.15, 0.2) is 23.8 Å². The molecule has 1 atom stereocenters. The highest BCUT2D eigenvalue weighted by atomic mass is 14.2. The van der Waals surface area contributed by atoms with Gasteiger partial charge in [-0.2, -0.15) is 0 Å². The molecule has 0 heterocycles. The molecule has 68 valence electrons. The maximum absolute atomic E-state index is 2.33. The van der Waals surface area contributed by atoms with Crippen LogP contribution in [0.2, 0.25) is 0 Å². The highest BCUT2D eigenvalue weighted by Gasteiger charge is 2.13. The van der Waals surface area contributed by atoms with E-state index in [2.05, 4.69) is 45.0 Å². The van der Waals surface area contributed by atoms with Crippen LogP contribution in [0.4, 0.5) is 0 Å². The van der Waals surface area contributed by atoms with Gasteiger partial charge < -0.3 is 0 Å². The Labute approximate surface area is 80.3 Å². The van der Waals surface area contributed by atoms with Crippen molar-refractivity contribution in [2.45, 2.75) is 27.2 Å². The van der Waals surface area contributed by atoms with Crippen molar-refractivity contribution in [2.24, 2.45) is 5.92 Å². The molecule has 0 amide bonds. The number of rotatable bonds is 0. The first-order valence-electron chi connectivity index (χ1n) is 4.94. The van der Waals surface area contributed by atoms with Gasteiger partial charge in [-0.25, -0.2) is 0 Å². The predicted molar refractivity (Wildman–Crippen MR) is 57.7 cm³/mol. The van der Waals surface area contributed by atoms with E-state index >= 15 is 0 Å². The minimum Gasteiger partial charge on any atom is -0.0696 e. The molecule has 0 aromatic heterocycles. The minimum absolute atomic E-state index is 0.718. The predicted octanol–water partition coefficient (Wildman–Crippen LogP) is 3.59. The molecule has 1 aliphatic rings. The summed E-state index contributed by atoms with van der Waals surface area (Å²) < 4.78 is 0. The number of hydrogen-bond acceptors (Lipinski definition) is 0. The molecule has 0 aliphatic heterocycles. The van der Waals surface area contributed by atoms with E-state index < -0.39 is 0 Å². The molecular formula is C13H16. The molecule has 0 radical (unpaired) electrons. The highest BCUT2D eigenvalue weighted by Crippen LogP contribution is 2.28. The van der Waals surface area contributed by atoms with Gasteiger partial charge >= 0.3 is 0 Å². The van der Waals surface area contributed by atoms with Crippen LogP contribution in [0.3, 0.4) is 0 Å². The second kappa shape index (κ2) is 3.02. The number of aryl methyl sites for hydroxylation is 1. The fourth-order valence-electron chi connectivity index (χ4n) is 1.91. The van der Waals surface area contributed by atoms with E-state index in [-0.39, 0.29) is 0 Å². The molecule has 1 unspecified atom stereocenters. The largest absolute Gasteiger partial charge is 0.0696 e. The quantitative estimate of drug-likeness (QED) is 0.561. The van der Waals surface area contributed by atoms with Crippen LogP contribution >= 0.6 is 0 Å². The lowest BCUT2D eigenvalue weighted by molar-refractivity contribution is 0.672. The zero-order valence-corrected chi connectivity index (χ0v) is 8.59. The lowest BCUT2D eigenvalue weighted by atomic mass is 9.85. The molecule has 13 heavy (non-hydrogen) atoms. The Balaban J connectivity index is 2.51. The van der Waals surface area contributed by atoms with Gasteiger partial charge in [-0.3, -0.25) is 0 Å². The lowest BCUT2D eigenvalue weighted by Crippen LogP contribution is -2.07. The molecule has 1 aliphatic carbocycles. The molecule has 1 aromatic carbocycles. The van der Waals surface area contributed by atoms with Gasteiger partial charge in [-0.05, 0) is 37.3 Å². The molecule has 0 spiro atoms. The zero-order chi connectivity index (χ0) is 9.42. The Morgan fingerprint density at radius 3 is 2.77 bits per heavy atom. The molecule has 0 N–H and O–H groups in total. The molecular weight excluding hydrogens is 156 g/mol. The Hall–Kier alpha value is -1.04. The van der Waals surface area contributed by atoms with Gasteiger partial charge in [-0.15, -0.1) is 0 Å². The number of benzene rings is 1. The Morgan fingerprint density at radius 2 is 2.00 bits per heavy atom. The van der Waals surface area contributed by atoms with Gasteiger partial charge in [0.15, 0.2) is 0 Å².